The van der Waals surface area contributed by atoms with Gasteiger partial charge in [-0.25, -0.2) is 0 Å². The molecule has 0 amide bonds. The van der Waals surface area contributed by atoms with E-state index in [-0.39, 0.29) is 5.54 Å². The quantitative estimate of drug-likeness (QED) is 0.833. The molecule has 0 unspecified atom stereocenters. The summed E-state index contributed by atoms with van der Waals surface area (Å²) in [6, 6.07) is 8.23. The monoisotopic (exact) mass is 241 g/mol. The van der Waals surface area contributed by atoms with Crippen molar-refractivity contribution in [2.24, 2.45) is 0 Å². The zero-order chi connectivity index (χ0) is 12.8. The van der Waals surface area contributed by atoms with Gasteiger partial charge >= 0.3 is 0 Å². The van der Waals surface area contributed by atoms with Crippen molar-refractivity contribution >= 4 is 22.3 Å². The highest BCUT2D eigenvalue weighted by Gasteiger charge is 2.33. The van der Waals surface area contributed by atoms with E-state index in [9.17, 15) is 0 Å². The number of rotatable bonds is 1. The maximum atomic E-state index is 6.18. The lowest BCUT2D eigenvalue weighted by atomic mass is 10.0. The molecule has 1 aromatic heterocycles. The Morgan fingerprint density at radius 3 is 2.78 bits per heavy atom. The second-order valence-corrected chi connectivity index (χ2v) is 5.65. The van der Waals surface area contributed by atoms with Crippen molar-refractivity contribution in [1.82, 2.24) is 4.98 Å². The van der Waals surface area contributed by atoms with Crippen LogP contribution in [0.2, 0.25) is 0 Å². The summed E-state index contributed by atoms with van der Waals surface area (Å²) in [5.74, 6) is 0. The van der Waals surface area contributed by atoms with Crippen LogP contribution in [0.3, 0.4) is 0 Å². The zero-order valence-electron chi connectivity index (χ0n) is 11.0. The number of nitrogens with zero attached hydrogens (tertiary/aromatic N) is 2. The standard InChI is InChI=1S/C15H19N3/c1-15(2)8-5-9-18(15)14-11-6-3-4-7-13(11)17-10-12(14)16/h3-4,6-7,10H,5,8-9,16H2,1-2H3. The summed E-state index contributed by atoms with van der Waals surface area (Å²) >= 11 is 0. The van der Waals surface area contributed by atoms with Gasteiger partial charge in [-0.05, 0) is 32.8 Å². The van der Waals surface area contributed by atoms with Crippen LogP contribution in [-0.4, -0.2) is 17.1 Å². The summed E-state index contributed by atoms with van der Waals surface area (Å²) in [4.78, 5) is 6.85. The minimum atomic E-state index is 0.179. The van der Waals surface area contributed by atoms with Crippen LogP contribution >= 0.6 is 0 Å². The first-order chi connectivity index (χ1) is 8.59. The number of hydrogen-bond acceptors (Lipinski definition) is 3. The number of hydrogen-bond donors (Lipinski definition) is 1. The van der Waals surface area contributed by atoms with Gasteiger partial charge in [0.2, 0.25) is 0 Å². The van der Waals surface area contributed by atoms with E-state index in [1.165, 1.54) is 12.8 Å². The van der Waals surface area contributed by atoms with Crippen molar-refractivity contribution in [3.63, 3.8) is 0 Å². The van der Waals surface area contributed by atoms with Crippen LogP contribution in [0.15, 0.2) is 30.5 Å². The highest BCUT2D eigenvalue weighted by atomic mass is 15.2. The molecule has 1 saturated heterocycles. The van der Waals surface area contributed by atoms with Gasteiger partial charge in [0.15, 0.2) is 0 Å². The Morgan fingerprint density at radius 1 is 1.28 bits per heavy atom. The van der Waals surface area contributed by atoms with Gasteiger partial charge in [0, 0.05) is 17.5 Å². The molecule has 1 aromatic carbocycles. The van der Waals surface area contributed by atoms with Gasteiger partial charge in [0.25, 0.3) is 0 Å². The molecule has 0 bridgehead atoms. The molecule has 3 rings (SSSR count). The molecule has 0 saturated carbocycles. The lowest BCUT2D eigenvalue weighted by molar-refractivity contribution is 0.519. The van der Waals surface area contributed by atoms with Crippen LogP contribution in [0.25, 0.3) is 10.9 Å². The molecule has 3 heteroatoms. The van der Waals surface area contributed by atoms with Crippen molar-refractivity contribution < 1.29 is 0 Å². The fourth-order valence-electron chi connectivity index (χ4n) is 2.97. The van der Waals surface area contributed by atoms with Crippen molar-refractivity contribution in [2.45, 2.75) is 32.2 Å². The number of para-hydroxylation sites is 1. The van der Waals surface area contributed by atoms with Gasteiger partial charge in [-0.15, -0.1) is 0 Å². The van der Waals surface area contributed by atoms with E-state index in [0.29, 0.717) is 0 Å². The first-order valence-corrected chi connectivity index (χ1v) is 6.50. The fourth-order valence-corrected chi connectivity index (χ4v) is 2.97. The molecule has 1 aliphatic rings. The topological polar surface area (TPSA) is 42.1 Å². The second kappa shape index (κ2) is 3.87. The maximum Gasteiger partial charge on any atom is 0.0745 e. The molecule has 0 atom stereocenters. The number of pyridine rings is 1. The summed E-state index contributed by atoms with van der Waals surface area (Å²) in [5.41, 5.74) is 9.32. The van der Waals surface area contributed by atoms with Gasteiger partial charge in [0.1, 0.15) is 0 Å². The Labute approximate surface area is 108 Å². The van der Waals surface area contributed by atoms with Crippen molar-refractivity contribution in [2.75, 3.05) is 17.2 Å². The third-order valence-electron chi connectivity index (χ3n) is 3.95. The average molecular weight is 241 g/mol. The van der Waals surface area contributed by atoms with Crippen LogP contribution < -0.4 is 10.6 Å². The predicted octanol–water partition coefficient (Wildman–Crippen LogP) is 3.20. The molecular weight excluding hydrogens is 222 g/mol. The van der Waals surface area contributed by atoms with E-state index >= 15 is 0 Å². The molecule has 1 aliphatic heterocycles. The van der Waals surface area contributed by atoms with Gasteiger partial charge in [-0.3, -0.25) is 4.98 Å². The van der Waals surface area contributed by atoms with Crippen molar-refractivity contribution in [3.8, 4) is 0 Å². The summed E-state index contributed by atoms with van der Waals surface area (Å²) in [7, 11) is 0. The smallest absolute Gasteiger partial charge is 0.0745 e. The average Bonchev–Trinajstić information content (AvgIpc) is 2.69. The van der Waals surface area contributed by atoms with Crippen LogP contribution in [0, 0.1) is 0 Å². The normalized spacial score (nSPS) is 18.4. The Bertz CT molecular complexity index is 589. The molecule has 0 spiro atoms. The van der Waals surface area contributed by atoms with Gasteiger partial charge < -0.3 is 10.6 Å². The minimum Gasteiger partial charge on any atom is -0.396 e. The fraction of sp³-hybridized carbons (Fsp3) is 0.400. The first kappa shape index (κ1) is 11.3. The number of anilines is 2. The largest absolute Gasteiger partial charge is 0.396 e. The lowest BCUT2D eigenvalue weighted by Gasteiger charge is -2.35. The minimum absolute atomic E-state index is 0.179. The number of aromatic nitrogens is 1. The Kier molecular flexibility index (Phi) is 2.44. The van der Waals surface area contributed by atoms with Crippen LogP contribution in [0.4, 0.5) is 11.4 Å². The zero-order valence-corrected chi connectivity index (χ0v) is 11.0. The molecule has 2 aromatic rings. The summed E-state index contributed by atoms with van der Waals surface area (Å²) in [6.45, 7) is 5.65. The third kappa shape index (κ3) is 1.62. The van der Waals surface area contributed by atoms with Crippen molar-refractivity contribution in [1.29, 1.82) is 0 Å². The lowest BCUT2D eigenvalue weighted by Crippen LogP contribution is -2.38. The predicted molar refractivity (Wildman–Crippen MR) is 76.8 cm³/mol. The molecule has 94 valence electrons. The van der Waals surface area contributed by atoms with E-state index in [0.717, 1.165) is 28.8 Å². The molecule has 1 fully saturated rings. The van der Waals surface area contributed by atoms with E-state index in [1.54, 1.807) is 6.20 Å². The molecule has 0 radical (unpaired) electrons. The third-order valence-corrected chi connectivity index (χ3v) is 3.95. The van der Waals surface area contributed by atoms with E-state index in [1.807, 2.05) is 12.1 Å². The highest BCUT2D eigenvalue weighted by Crippen LogP contribution is 2.40. The molecular formula is C15H19N3. The van der Waals surface area contributed by atoms with Gasteiger partial charge in [0.05, 0.1) is 23.1 Å². The van der Waals surface area contributed by atoms with E-state index in [2.05, 4.69) is 35.9 Å². The first-order valence-electron chi connectivity index (χ1n) is 6.50. The molecule has 0 aliphatic carbocycles. The van der Waals surface area contributed by atoms with Gasteiger partial charge in [-0.2, -0.15) is 0 Å². The molecule has 3 nitrogen and oxygen atoms in total. The maximum absolute atomic E-state index is 6.18. The summed E-state index contributed by atoms with van der Waals surface area (Å²) in [5, 5.41) is 1.16. The SMILES string of the molecule is CC1(C)CCCN1c1c(N)cnc2ccccc12. The molecule has 2 N–H and O–H groups in total. The van der Waals surface area contributed by atoms with Crippen LogP contribution in [-0.2, 0) is 0 Å². The summed E-state index contributed by atoms with van der Waals surface area (Å²) < 4.78 is 0. The Hall–Kier alpha value is -1.77. The number of fused-ring (bicyclic) bond motifs is 1. The molecule has 2 heterocycles. The number of nitrogen functional groups attached to an aromatic ring is 1. The highest BCUT2D eigenvalue weighted by molar-refractivity contribution is 5.97. The summed E-state index contributed by atoms with van der Waals surface area (Å²) in [6.07, 6.45) is 4.22. The van der Waals surface area contributed by atoms with E-state index in [4.69, 9.17) is 5.73 Å². The van der Waals surface area contributed by atoms with Crippen LogP contribution in [0.5, 0.6) is 0 Å². The second-order valence-electron chi connectivity index (χ2n) is 5.65. The van der Waals surface area contributed by atoms with E-state index < -0.39 is 0 Å². The molecule has 18 heavy (non-hydrogen) atoms. The Morgan fingerprint density at radius 2 is 2.06 bits per heavy atom. The van der Waals surface area contributed by atoms with Crippen LogP contribution in [0.1, 0.15) is 26.7 Å². The van der Waals surface area contributed by atoms with Crippen molar-refractivity contribution in [3.05, 3.63) is 30.5 Å². The Balaban J connectivity index is 2.25. The number of nitrogens with two attached hydrogens (primary N) is 1. The van der Waals surface area contributed by atoms with Gasteiger partial charge in [-0.1, -0.05) is 18.2 Å². The number of benzene rings is 1.